The number of piperidine rings is 1. The Kier molecular flexibility index (Phi) is 6.84. The van der Waals surface area contributed by atoms with Crippen LogP contribution in [0, 0.1) is 5.92 Å². The third-order valence-corrected chi connectivity index (χ3v) is 6.82. The average molecular weight is 431 g/mol. The minimum Gasteiger partial charge on any atom is -0.504 e. The number of fused-ring (bicyclic) bond motifs is 1. The van der Waals surface area contributed by atoms with Crippen LogP contribution in [0.3, 0.4) is 0 Å². The number of likely N-dealkylation sites (N-methyl/N-ethyl adjacent to an activating group) is 1. The van der Waals surface area contributed by atoms with Crippen molar-refractivity contribution in [3.05, 3.63) is 58.1 Å². The van der Waals surface area contributed by atoms with Crippen molar-refractivity contribution >= 4 is 11.6 Å². The lowest BCUT2D eigenvalue weighted by Gasteiger charge is -2.40. The molecule has 0 saturated carbocycles. The summed E-state index contributed by atoms with van der Waals surface area (Å²) in [5.74, 6) is 0.433. The van der Waals surface area contributed by atoms with Crippen molar-refractivity contribution < 1.29 is 14.9 Å². The molecule has 2 aromatic rings. The predicted octanol–water partition coefficient (Wildman–Crippen LogP) is 3.91. The molecule has 0 unspecified atom stereocenters. The number of aromatic hydroxyl groups is 2. The van der Waals surface area contributed by atoms with Gasteiger partial charge in [0.15, 0.2) is 11.5 Å². The van der Waals surface area contributed by atoms with E-state index in [0.717, 1.165) is 55.0 Å². The van der Waals surface area contributed by atoms with Crippen LogP contribution in [0.2, 0.25) is 5.02 Å². The van der Waals surface area contributed by atoms with Crippen LogP contribution in [0.25, 0.3) is 0 Å². The minimum absolute atomic E-state index is 0.0160. The van der Waals surface area contributed by atoms with E-state index in [4.69, 9.17) is 16.3 Å². The van der Waals surface area contributed by atoms with Crippen molar-refractivity contribution in [1.82, 2.24) is 10.2 Å². The Morgan fingerprint density at radius 1 is 1.10 bits per heavy atom. The molecule has 0 aromatic heterocycles. The van der Waals surface area contributed by atoms with Gasteiger partial charge in [0.2, 0.25) is 0 Å². The summed E-state index contributed by atoms with van der Waals surface area (Å²) >= 11 is 5.97. The van der Waals surface area contributed by atoms with Gasteiger partial charge in [0, 0.05) is 30.1 Å². The van der Waals surface area contributed by atoms with Crippen molar-refractivity contribution in [3.8, 4) is 11.5 Å². The Morgan fingerprint density at radius 3 is 2.53 bits per heavy atom. The van der Waals surface area contributed by atoms with Crippen LogP contribution in [0.4, 0.5) is 0 Å². The number of rotatable bonds is 6. The van der Waals surface area contributed by atoms with Crippen LogP contribution in [0.5, 0.6) is 11.5 Å². The fraction of sp³-hybridized carbons (Fsp3) is 0.500. The summed E-state index contributed by atoms with van der Waals surface area (Å²) in [7, 11) is 1.91. The van der Waals surface area contributed by atoms with Gasteiger partial charge >= 0.3 is 0 Å². The first-order valence-electron chi connectivity index (χ1n) is 10.9. The standard InChI is InChI=1S/C24H31ClN2O3/c1-26-15-23-19-6-7-21(28)24(29)20(19)14-22(30-23)17-9-12-27(13-10-17)11-8-16-2-4-18(25)5-3-16/h2-7,17,22-23,26,28-29H,8-15H2,1H3/t22-,23-/m0/s1. The zero-order valence-electron chi connectivity index (χ0n) is 17.5. The zero-order chi connectivity index (χ0) is 21.1. The molecule has 5 nitrogen and oxygen atoms in total. The van der Waals surface area contributed by atoms with Crippen LogP contribution in [-0.4, -0.2) is 54.4 Å². The second-order valence-electron chi connectivity index (χ2n) is 8.48. The molecule has 3 N–H and O–H groups in total. The molecular weight excluding hydrogens is 400 g/mol. The molecule has 1 fully saturated rings. The Balaban J connectivity index is 1.36. The number of hydrogen-bond acceptors (Lipinski definition) is 5. The Bertz CT molecular complexity index is 850. The maximum atomic E-state index is 10.4. The number of nitrogens with zero attached hydrogens (tertiary/aromatic N) is 1. The first kappa shape index (κ1) is 21.4. The van der Waals surface area contributed by atoms with Crippen LogP contribution < -0.4 is 5.32 Å². The summed E-state index contributed by atoms with van der Waals surface area (Å²) in [5, 5.41) is 24.4. The van der Waals surface area contributed by atoms with Crippen LogP contribution in [0.15, 0.2) is 36.4 Å². The largest absolute Gasteiger partial charge is 0.504 e. The molecule has 2 aromatic carbocycles. The first-order chi connectivity index (χ1) is 14.5. The molecule has 2 atom stereocenters. The number of likely N-dealkylation sites (tertiary alicyclic amines) is 1. The van der Waals surface area contributed by atoms with E-state index in [-0.39, 0.29) is 23.7 Å². The van der Waals surface area contributed by atoms with E-state index in [2.05, 4.69) is 22.3 Å². The maximum Gasteiger partial charge on any atom is 0.161 e. The molecule has 4 rings (SSSR count). The number of hydrogen-bond donors (Lipinski definition) is 3. The predicted molar refractivity (Wildman–Crippen MR) is 119 cm³/mol. The van der Waals surface area contributed by atoms with E-state index in [1.165, 1.54) is 5.56 Å². The van der Waals surface area contributed by atoms with E-state index in [1.807, 2.05) is 25.2 Å². The normalized spacial score (nSPS) is 22.7. The van der Waals surface area contributed by atoms with E-state index >= 15 is 0 Å². The van der Waals surface area contributed by atoms with Gasteiger partial charge < -0.3 is 25.2 Å². The van der Waals surface area contributed by atoms with Crippen molar-refractivity contribution in [2.24, 2.45) is 5.92 Å². The molecule has 6 heteroatoms. The topological polar surface area (TPSA) is 65.0 Å². The molecule has 30 heavy (non-hydrogen) atoms. The van der Waals surface area contributed by atoms with Gasteiger partial charge in [-0.1, -0.05) is 29.8 Å². The third kappa shape index (κ3) is 4.75. The molecule has 2 aliphatic rings. The van der Waals surface area contributed by atoms with Gasteiger partial charge in [-0.25, -0.2) is 0 Å². The SMILES string of the molecule is CNC[C@@H]1O[C@H](C2CCN(CCc3ccc(Cl)cc3)CC2)Cc2c1ccc(O)c2O. The van der Waals surface area contributed by atoms with Crippen molar-refractivity contribution in [2.45, 2.75) is 37.9 Å². The van der Waals surface area contributed by atoms with Crippen molar-refractivity contribution in [3.63, 3.8) is 0 Å². The third-order valence-electron chi connectivity index (χ3n) is 6.57. The lowest BCUT2D eigenvalue weighted by atomic mass is 9.83. The Hall–Kier alpha value is -1.79. The number of benzene rings is 2. The fourth-order valence-corrected chi connectivity index (χ4v) is 4.92. The highest BCUT2D eigenvalue weighted by Gasteiger charge is 2.35. The fourth-order valence-electron chi connectivity index (χ4n) is 4.80. The molecular formula is C24H31ClN2O3. The van der Waals surface area contributed by atoms with Crippen LogP contribution in [-0.2, 0) is 17.6 Å². The van der Waals surface area contributed by atoms with Gasteiger partial charge in [-0.2, -0.15) is 0 Å². The summed E-state index contributed by atoms with van der Waals surface area (Å²) in [6, 6.07) is 11.5. The zero-order valence-corrected chi connectivity index (χ0v) is 18.2. The highest BCUT2D eigenvalue weighted by atomic mass is 35.5. The van der Waals surface area contributed by atoms with E-state index in [0.29, 0.717) is 18.9 Å². The smallest absolute Gasteiger partial charge is 0.161 e. The summed E-state index contributed by atoms with van der Waals surface area (Å²) in [6.45, 7) is 3.87. The summed E-state index contributed by atoms with van der Waals surface area (Å²) < 4.78 is 6.48. The molecule has 1 saturated heterocycles. The van der Waals surface area contributed by atoms with E-state index in [1.54, 1.807) is 6.07 Å². The molecule has 2 aliphatic heterocycles. The second kappa shape index (κ2) is 9.56. The second-order valence-corrected chi connectivity index (χ2v) is 8.92. The van der Waals surface area contributed by atoms with Crippen LogP contribution in [0.1, 0.15) is 35.6 Å². The quantitative estimate of drug-likeness (QED) is 0.606. The van der Waals surface area contributed by atoms with Gasteiger partial charge in [0.25, 0.3) is 0 Å². The van der Waals surface area contributed by atoms with Crippen molar-refractivity contribution in [1.29, 1.82) is 0 Å². The molecule has 0 bridgehead atoms. The average Bonchev–Trinajstić information content (AvgIpc) is 2.76. The molecule has 0 aliphatic carbocycles. The minimum atomic E-state index is -0.0989. The van der Waals surface area contributed by atoms with Gasteiger partial charge in [-0.05, 0) is 74.6 Å². The van der Waals surface area contributed by atoms with Crippen molar-refractivity contribution in [2.75, 3.05) is 33.2 Å². The van der Waals surface area contributed by atoms with Gasteiger partial charge in [0.1, 0.15) is 0 Å². The van der Waals surface area contributed by atoms with Gasteiger partial charge in [-0.3, -0.25) is 0 Å². The first-order valence-corrected chi connectivity index (χ1v) is 11.2. The number of nitrogens with one attached hydrogen (secondary N) is 1. The van der Waals surface area contributed by atoms with Crippen LogP contribution >= 0.6 is 11.6 Å². The summed E-state index contributed by atoms with van der Waals surface area (Å²) in [6.07, 6.45) is 3.84. The molecule has 0 amide bonds. The number of phenolic OH excluding ortho intramolecular Hbond substituents is 2. The van der Waals surface area contributed by atoms with Gasteiger partial charge in [-0.15, -0.1) is 0 Å². The Labute approximate surface area is 183 Å². The maximum absolute atomic E-state index is 10.4. The molecule has 0 radical (unpaired) electrons. The number of ether oxygens (including phenoxy) is 1. The molecule has 0 spiro atoms. The van der Waals surface area contributed by atoms with E-state index in [9.17, 15) is 10.2 Å². The van der Waals surface area contributed by atoms with E-state index < -0.39 is 0 Å². The lowest BCUT2D eigenvalue weighted by molar-refractivity contribution is -0.0670. The summed E-state index contributed by atoms with van der Waals surface area (Å²) in [5.41, 5.74) is 3.15. The monoisotopic (exact) mass is 430 g/mol. The molecule has 162 valence electrons. The summed E-state index contributed by atoms with van der Waals surface area (Å²) in [4.78, 5) is 2.52. The highest BCUT2D eigenvalue weighted by Crippen LogP contribution is 2.42. The Morgan fingerprint density at radius 2 is 1.83 bits per heavy atom. The molecule has 2 heterocycles. The van der Waals surface area contributed by atoms with Gasteiger partial charge in [0.05, 0.1) is 12.2 Å². The lowest BCUT2D eigenvalue weighted by Crippen LogP contribution is -2.42. The number of halogens is 1. The number of phenols is 2. The highest BCUT2D eigenvalue weighted by molar-refractivity contribution is 6.30.